The van der Waals surface area contributed by atoms with Crippen LogP contribution in [0.25, 0.3) is 0 Å². The van der Waals surface area contributed by atoms with Gasteiger partial charge in [0.15, 0.2) is 0 Å². The first-order valence-electron chi connectivity index (χ1n) is 6.28. The van der Waals surface area contributed by atoms with Gasteiger partial charge in [0, 0.05) is 13.1 Å². The standard InChI is InChI=1S/C13H17N5/c1-2-18-12(15-9-16-18)8-17-7-6-10-4-3-5-11(14)13(10)17/h3-5,9H,2,6-8,14H2,1H3. The fourth-order valence-electron chi connectivity index (χ4n) is 2.57. The fraction of sp³-hybridized carbons (Fsp3) is 0.385. The first-order valence-corrected chi connectivity index (χ1v) is 6.28. The average Bonchev–Trinajstić information content (AvgIpc) is 2.97. The second-order valence-electron chi connectivity index (χ2n) is 4.52. The lowest BCUT2D eigenvalue weighted by atomic mass is 10.1. The van der Waals surface area contributed by atoms with Crippen molar-refractivity contribution in [3.05, 3.63) is 35.9 Å². The molecule has 2 N–H and O–H groups in total. The Labute approximate surface area is 106 Å². The number of nitrogens with zero attached hydrogens (tertiary/aromatic N) is 4. The van der Waals surface area contributed by atoms with Crippen LogP contribution in [-0.4, -0.2) is 21.3 Å². The highest BCUT2D eigenvalue weighted by atomic mass is 15.3. The Kier molecular flexibility index (Phi) is 2.66. The molecular weight excluding hydrogens is 226 g/mol. The van der Waals surface area contributed by atoms with Crippen molar-refractivity contribution in [2.45, 2.75) is 26.4 Å². The van der Waals surface area contributed by atoms with E-state index in [0.29, 0.717) is 0 Å². The number of rotatable bonds is 3. The minimum Gasteiger partial charge on any atom is -0.397 e. The third-order valence-corrected chi connectivity index (χ3v) is 3.45. The maximum Gasteiger partial charge on any atom is 0.146 e. The summed E-state index contributed by atoms with van der Waals surface area (Å²) in [5.41, 5.74) is 9.43. The van der Waals surface area contributed by atoms with Crippen molar-refractivity contribution in [1.82, 2.24) is 14.8 Å². The lowest BCUT2D eigenvalue weighted by Crippen LogP contribution is -2.23. The summed E-state index contributed by atoms with van der Waals surface area (Å²) in [5, 5.41) is 4.20. The lowest BCUT2D eigenvalue weighted by molar-refractivity contribution is 0.605. The van der Waals surface area contributed by atoms with Crippen LogP contribution in [-0.2, 0) is 19.5 Å². The van der Waals surface area contributed by atoms with Crippen LogP contribution in [0.2, 0.25) is 0 Å². The average molecular weight is 243 g/mol. The third kappa shape index (κ3) is 1.72. The summed E-state index contributed by atoms with van der Waals surface area (Å²) >= 11 is 0. The van der Waals surface area contributed by atoms with E-state index in [-0.39, 0.29) is 0 Å². The maximum atomic E-state index is 6.08. The highest BCUT2D eigenvalue weighted by Gasteiger charge is 2.22. The van der Waals surface area contributed by atoms with Crippen molar-refractivity contribution in [2.24, 2.45) is 0 Å². The van der Waals surface area contributed by atoms with Crippen LogP contribution in [0.5, 0.6) is 0 Å². The molecule has 3 rings (SSSR count). The molecule has 94 valence electrons. The van der Waals surface area contributed by atoms with Crippen molar-refractivity contribution in [1.29, 1.82) is 0 Å². The molecule has 0 saturated carbocycles. The van der Waals surface area contributed by atoms with Crippen molar-refractivity contribution < 1.29 is 0 Å². The van der Waals surface area contributed by atoms with E-state index < -0.39 is 0 Å². The van der Waals surface area contributed by atoms with E-state index in [9.17, 15) is 0 Å². The highest BCUT2D eigenvalue weighted by molar-refractivity contribution is 5.74. The summed E-state index contributed by atoms with van der Waals surface area (Å²) in [7, 11) is 0. The molecule has 2 aromatic rings. The molecule has 1 aromatic carbocycles. The van der Waals surface area contributed by atoms with Crippen LogP contribution >= 0.6 is 0 Å². The predicted molar refractivity (Wildman–Crippen MR) is 71.3 cm³/mol. The van der Waals surface area contributed by atoms with E-state index in [2.05, 4.69) is 28.0 Å². The van der Waals surface area contributed by atoms with Crippen LogP contribution in [0.1, 0.15) is 18.3 Å². The molecule has 1 aromatic heterocycles. The number of anilines is 2. The monoisotopic (exact) mass is 243 g/mol. The van der Waals surface area contributed by atoms with E-state index in [4.69, 9.17) is 5.73 Å². The summed E-state index contributed by atoms with van der Waals surface area (Å²) < 4.78 is 1.93. The van der Waals surface area contributed by atoms with E-state index in [1.54, 1.807) is 6.33 Å². The number of fused-ring (bicyclic) bond motifs is 1. The number of nitrogen functional groups attached to an aromatic ring is 1. The van der Waals surface area contributed by atoms with Crippen molar-refractivity contribution >= 4 is 11.4 Å². The molecule has 0 saturated heterocycles. The number of para-hydroxylation sites is 1. The summed E-state index contributed by atoms with van der Waals surface area (Å²) in [5.74, 6) is 0.994. The fourth-order valence-corrected chi connectivity index (χ4v) is 2.57. The molecule has 1 aliphatic heterocycles. The van der Waals surface area contributed by atoms with Gasteiger partial charge in [-0.1, -0.05) is 12.1 Å². The Hall–Kier alpha value is -2.04. The summed E-state index contributed by atoms with van der Waals surface area (Å²) in [4.78, 5) is 6.61. The Balaban J connectivity index is 1.89. The topological polar surface area (TPSA) is 60.0 Å². The van der Waals surface area contributed by atoms with Crippen LogP contribution in [0.15, 0.2) is 24.5 Å². The second kappa shape index (κ2) is 4.33. The smallest absolute Gasteiger partial charge is 0.146 e. The van der Waals surface area contributed by atoms with E-state index >= 15 is 0 Å². The van der Waals surface area contributed by atoms with E-state index in [0.717, 1.165) is 37.6 Å². The molecule has 0 bridgehead atoms. The normalized spacial score (nSPS) is 13.9. The van der Waals surface area contributed by atoms with Crippen molar-refractivity contribution in [2.75, 3.05) is 17.2 Å². The molecule has 5 heteroatoms. The molecule has 5 nitrogen and oxygen atoms in total. The molecule has 0 aliphatic carbocycles. The van der Waals surface area contributed by atoms with E-state index in [1.165, 1.54) is 11.3 Å². The van der Waals surface area contributed by atoms with Crippen molar-refractivity contribution in [3.63, 3.8) is 0 Å². The van der Waals surface area contributed by atoms with Gasteiger partial charge in [-0.2, -0.15) is 5.10 Å². The van der Waals surface area contributed by atoms with Gasteiger partial charge in [-0.3, -0.25) is 0 Å². The largest absolute Gasteiger partial charge is 0.397 e. The summed E-state index contributed by atoms with van der Waals surface area (Å²) in [6.45, 7) is 4.69. The van der Waals surface area contributed by atoms with Crippen molar-refractivity contribution in [3.8, 4) is 0 Å². The quantitative estimate of drug-likeness (QED) is 0.829. The molecule has 2 heterocycles. The molecular formula is C13H17N5. The molecule has 0 amide bonds. The van der Waals surface area contributed by atoms with Gasteiger partial charge in [0.05, 0.1) is 17.9 Å². The van der Waals surface area contributed by atoms with Crippen LogP contribution in [0.4, 0.5) is 11.4 Å². The van der Waals surface area contributed by atoms with Gasteiger partial charge in [-0.15, -0.1) is 0 Å². The highest BCUT2D eigenvalue weighted by Crippen LogP contribution is 2.34. The predicted octanol–water partition coefficient (Wildman–Crippen LogP) is 1.44. The molecule has 0 fully saturated rings. The molecule has 18 heavy (non-hydrogen) atoms. The Morgan fingerprint density at radius 2 is 2.28 bits per heavy atom. The number of aryl methyl sites for hydroxylation is 1. The molecule has 0 unspecified atom stereocenters. The van der Waals surface area contributed by atoms with Crippen LogP contribution < -0.4 is 10.6 Å². The van der Waals surface area contributed by atoms with Gasteiger partial charge in [-0.25, -0.2) is 9.67 Å². The van der Waals surface area contributed by atoms with Crippen LogP contribution in [0.3, 0.4) is 0 Å². The zero-order chi connectivity index (χ0) is 12.5. The van der Waals surface area contributed by atoms with Gasteiger partial charge in [0.25, 0.3) is 0 Å². The molecule has 0 spiro atoms. The minimum absolute atomic E-state index is 0.773. The lowest BCUT2D eigenvalue weighted by Gasteiger charge is -2.20. The number of aromatic nitrogens is 3. The number of hydrogen-bond acceptors (Lipinski definition) is 4. The first kappa shape index (κ1) is 11.1. The summed E-state index contributed by atoms with van der Waals surface area (Å²) in [6.07, 6.45) is 2.67. The first-order chi connectivity index (χ1) is 8.79. The minimum atomic E-state index is 0.773. The van der Waals surface area contributed by atoms with Gasteiger partial charge in [0.1, 0.15) is 12.2 Å². The molecule has 0 atom stereocenters. The zero-order valence-electron chi connectivity index (χ0n) is 10.5. The van der Waals surface area contributed by atoms with Crippen LogP contribution in [0, 0.1) is 0 Å². The maximum absolute atomic E-state index is 6.08. The molecule has 0 radical (unpaired) electrons. The van der Waals surface area contributed by atoms with Gasteiger partial charge >= 0.3 is 0 Å². The Bertz CT molecular complexity index is 560. The number of hydrogen-bond donors (Lipinski definition) is 1. The Morgan fingerprint density at radius 3 is 3.11 bits per heavy atom. The number of benzene rings is 1. The third-order valence-electron chi connectivity index (χ3n) is 3.45. The molecule has 1 aliphatic rings. The summed E-state index contributed by atoms with van der Waals surface area (Å²) in [6, 6.07) is 6.13. The van der Waals surface area contributed by atoms with Gasteiger partial charge in [-0.05, 0) is 25.0 Å². The Morgan fingerprint density at radius 1 is 1.39 bits per heavy atom. The SMILES string of the molecule is CCn1ncnc1CN1CCc2cccc(N)c21. The van der Waals surface area contributed by atoms with Gasteiger partial charge < -0.3 is 10.6 Å². The second-order valence-corrected chi connectivity index (χ2v) is 4.52. The van der Waals surface area contributed by atoms with Gasteiger partial charge in [0.2, 0.25) is 0 Å². The zero-order valence-corrected chi connectivity index (χ0v) is 10.5. The van der Waals surface area contributed by atoms with E-state index in [1.807, 2.05) is 16.8 Å². The number of nitrogens with two attached hydrogens (primary N) is 1.